The molecule has 0 unspecified atom stereocenters. The lowest BCUT2D eigenvalue weighted by atomic mass is 10.0. The zero-order chi connectivity index (χ0) is 37.6. The first-order valence-corrected chi connectivity index (χ1v) is 18.6. The monoisotopic (exact) mass is 758 g/mol. The second-order valence-corrected chi connectivity index (χ2v) is 14.6. The summed E-state index contributed by atoms with van der Waals surface area (Å²) in [6.45, 7) is 3.77. The lowest BCUT2D eigenvalue weighted by Crippen LogP contribution is -2.17. The number of hydrogen-bond acceptors (Lipinski definition) is 6. The smallest absolute Gasteiger partial charge is 0.221 e. The molecule has 1 amide bonds. The van der Waals surface area contributed by atoms with Crippen LogP contribution in [0.25, 0.3) is 74.2 Å². The number of aromatic amines is 2. The van der Waals surface area contributed by atoms with Gasteiger partial charge in [-0.2, -0.15) is 0 Å². The highest BCUT2D eigenvalue weighted by atomic mass is 35.5. The van der Waals surface area contributed by atoms with Gasteiger partial charge in [0.05, 0.1) is 22.8 Å². The van der Waals surface area contributed by atoms with Crippen molar-refractivity contribution in [1.82, 2.24) is 34.6 Å². The molecule has 56 heavy (non-hydrogen) atoms. The number of halogens is 1. The topological polar surface area (TPSA) is 96.2 Å². The van der Waals surface area contributed by atoms with Gasteiger partial charge < -0.3 is 30.0 Å². The third-order valence-corrected chi connectivity index (χ3v) is 10.4. The Labute approximate surface area is 332 Å². The molecule has 8 bridgehead atoms. The molecule has 0 saturated heterocycles. The number of aromatic nitrogens is 4. The van der Waals surface area contributed by atoms with E-state index in [4.69, 9.17) is 9.97 Å². The normalized spacial score (nSPS) is 15.8. The predicted octanol–water partition coefficient (Wildman–Crippen LogP) is 9.23. The van der Waals surface area contributed by atoms with Gasteiger partial charge in [-0.25, -0.2) is 9.97 Å². The molecule has 5 aliphatic rings. The minimum atomic E-state index is -0.108. The summed E-state index contributed by atoms with van der Waals surface area (Å²) in [7, 11) is 6.29. The molecule has 3 N–H and O–H groups in total. The van der Waals surface area contributed by atoms with Crippen molar-refractivity contribution < 1.29 is 4.79 Å². The average molecular weight is 759 g/mol. The van der Waals surface area contributed by atoms with Crippen LogP contribution in [0, 0.1) is 0 Å². The Kier molecular flexibility index (Phi) is 9.70. The zero-order valence-corrected chi connectivity index (χ0v) is 32.6. The number of anilines is 1. The summed E-state index contributed by atoms with van der Waals surface area (Å²) in [5.74, 6) is -0.108. The first-order chi connectivity index (χ1) is 26.8. The number of fused-ring (bicyclic) bond motifs is 8. The SMILES string of the molecule is CC(=O)Nc1ccc(-c2c3nc(c(C4=CC=CN(C)C4)c4ccc([nH]4)c(C4=CC=CN(C)C4)c4nc(c(C5=CC=CN(C)C5)c5ccc2[nH]5)C=C4)C=C3)cc1.Cl. The molecule has 0 atom stereocenters. The van der Waals surface area contributed by atoms with Crippen molar-refractivity contribution >= 4 is 87.1 Å². The number of nitrogens with one attached hydrogen (secondary N) is 3. The molecule has 0 saturated carbocycles. The first kappa shape index (κ1) is 36.4. The van der Waals surface area contributed by atoms with Gasteiger partial charge in [-0.1, -0.05) is 30.4 Å². The van der Waals surface area contributed by atoms with Crippen LogP contribution in [0.2, 0.25) is 0 Å². The van der Waals surface area contributed by atoms with Crippen LogP contribution >= 0.6 is 12.4 Å². The van der Waals surface area contributed by atoms with Gasteiger partial charge in [0.1, 0.15) is 0 Å². The highest BCUT2D eigenvalue weighted by Crippen LogP contribution is 2.37. The standard InChI is InChI=1S/C46H42N8O.ClH/c1-29(55)47-34-13-11-30(12-14-34)43-35-15-17-37(48-35)44(31-8-5-23-52(2)26-31)39-19-21-41(50-39)46(33-10-7-25-54(4)28-33)42-22-20-40(51-42)45(38-18-16-36(43)49-38)32-9-6-24-53(3)27-32;/h5-25,48,51H,26-28H2,1-4H3,(H,47,55);1H. The van der Waals surface area contributed by atoms with Gasteiger partial charge in [0.15, 0.2) is 0 Å². The maximum absolute atomic E-state index is 11.9. The molecule has 3 aromatic heterocycles. The summed E-state index contributed by atoms with van der Waals surface area (Å²) in [5, 5.41) is 2.90. The summed E-state index contributed by atoms with van der Waals surface area (Å²) >= 11 is 0. The fourth-order valence-electron chi connectivity index (χ4n) is 7.97. The Balaban J connectivity index is 0.00000441. The third-order valence-electron chi connectivity index (χ3n) is 10.4. The third kappa shape index (κ3) is 6.93. The number of likely N-dealkylation sites (N-methyl/N-ethyl adjacent to an activating group) is 3. The number of carbonyl (C=O) groups excluding carboxylic acids is 1. The second kappa shape index (κ2) is 14.9. The van der Waals surface area contributed by atoms with Crippen molar-refractivity contribution in [3.05, 3.63) is 143 Å². The molecule has 0 fully saturated rings. The highest BCUT2D eigenvalue weighted by molar-refractivity contribution is 5.98. The fourth-order valence-corrected chi connectivity index (χ4v) is 7.97. The number of rotatable bonds is 5. The molecule has 4 aromatic rings. The van der Waals surface area contributed by atoms with Crippen molar-refractivity contribution in [2.75, 3.05) is 46.1 Å². The van der Waals surface area contributed by atoms with Crippen LogP contribution in [0.4, 0.5) is 5.69 Å². The van der Waals surface area contributed by atoms with E-state index in [9.17, 15) is 4.79 Å². The molecular weight excluding hydrogens is 716 g/mol. The Bertz CT molecular complexity index is 2650. The van der Waals surface area contributed by atoms with E-state index in [0.29, 0.717) is 0 Å². The van der Waals surface area contributed by atoms with Crippen LogP contribution in [-0.4, -0.2) is 81.3 Å². The maximum Gasteiger partial charge on any atom is 0.221 e. The lowest BCUT2D eigenvalue weighted by molar-refractivity contribution is -0.114. The summed E-state index contributed by atoms with van der Waals surface area (Å²) in [6, 6.07) is 16.6. The van der Waals surface area contributed by atoms with E-state index >= 15 is 0 Å². The Morgan fingerprint density at radius 1 is 0.554 bits per heavy atom. The maximum atomic E-state index is 11.9. The molecule has 280 valence electrons. The number of nitrogens with zero attached hydrogens (tertiary/aromatic N) is 5. The number of allylic oxidation sites excluding steroid dienone is 6. The molecule has 0 aliphatic carbocycles. The molecule has 5 aliphatic heterocycles. The van der Waals surface area contributed by atoms with E-state index < -0.39 is 0 Å². The number of hydrogen-bond donors (Lipinski definition) is 3. The zero-order valence-electron chi connectivity index (χ0n) is 31.8. The van der Waals surface area contributed by atoms with Gasteiger partial charge in [-0.15, -0.1) is 12.4 Å². The van der Waals surface area contributed by atoms with Crippen LogP contribution in [0.3, 0.4) is 0 Å². The van der Waals surface area contributed by atoms with Crippen LogP contribution < -0.4 is 5.32 Å². The molecule has 8 heterocycles. The fraction of sp³-hybridized carbons (Fsp3) is 0.152. The number of H-pyrrole nitrogens is 2. The van der Waals surface area contributed by atoms with Gasteiger partial charge in [0.2, 0.25) is 5.91 Å². The van der Waals surface area contributed by atoms with Crippen molar-refractivity contribution in [3.8, 4) is 11.1 Å². The Morgan fingerprint density at radius 2 is 0.911 bits per heavy atom. The van der Waals surface area contributed by atoms with Crippen molar-refractivity contribution in [2.24, 2.45) is 0 Å². The van der Waals surface area contributed by atoms with Crippen molar-refractivity contribution in [3.63, 3.8) is 0 Å². The average Bonchev–Trinajstić information content (AvgIpc) is 4.00. The molecule has 9 nitrogen and oxygen atoms in total. The minimum Gasteiger partial charge on any atom is -0.376 e. The van der Waals surface area contributed by atoms with E-state index in [1.807, 2.05) is 24.3 Å². The molecule has 0 radical (unpaired) electrons. The second-order valence-electron chi connectivity index (χ2n) is 14.6. The molecule has 9 rings (SSSR count). The van der Waals surface area contributed by atoms with Gasteiger partial charge >= 0.3 is 0 Å². The van der Waals surface area contributed by atoms with E-state index in [-0.39, 0.29) is 18.3 Å². The predicted molar refractivity (Wildman–Crippen MR) is 235 cm³/mol. The van der Waals surface area contributed by atoms with Crippen LogP contribution in [0.1, 0.15) is 46.4 Å². The van der Waals surface area contributed by atoms with E-state index in [0.717, 1.165) is 98.0 Å². The Hall–Kier alpha value is -6.58. The lowest BCUT2D eigenvalue weighted by Gasteiger charge is -2.21. The molecule has 10 heteroatoms. The van der Waals surface area contributed by atoms with Crippen molar-refractivity contribution in [1.29, 1.82) is 0 Å². The Morgan fingerprint density at radius 3 is 1.27 bits per heavy atom. The highest BCUT2D eigenvalue weighted by Gasteiger charge is 2.22. The molecule has 1 aromatic carbocycles. The van der Waals surface area contributed by atoms with Gasteiger partial charge in [-0.05, 0) is 120 Å². The summed E-state index contributed by atoms with van der Waals surface area (Å²) < 4.78 is 0. The number of benzene rings is 1. The largest absolute Gasteiger partial charge is 0.376 e. The minimum absolute atomic E-state index is 0. The van der Waals surface area contributed by atoms with Gasteiger partial charge in [-0.3, -0.25) is 4.79 Å². The van der Waals surface area contributed by atoms with Crippen molar-refractivity contribution in [2.45, 2.75) is 6.92 Å². The molecular formula is C46H43ClN8O. The number of amides is 1. The van der Waals surface area contributed by atoms with E-state index in [2.05, 4.69) is 155 Å². The van der Waals surface area contributed by atoms with E-state index in [1.165, 1.54) is 23.6 Å². The van der Waals surface area contributed by atoms with E-state index in [1.54, 1.807) is 0 Å². The molecule has 0 spiro atoms. The number of carbonyl (C=O) groups is 1. The van der Waals surface area contributed by atoms with Crippen LogP contribution in [0.15, 0.2) is 104 Å². The quantitative estimate of drug-likeness (QED) is 0.162. The summed E-state index contributed by atoms with van der Waals surface area (Å²) in [5.41, 5.74) is 16.8. The van der Waals surface area contributed by atoms with Gasteiger partial charge in [0.25, 0.3) is 0 Å². The van der Waals surface area contributed by atoms with Gasteiger partial charge in [0, 0.05) is 97.7 Å². The van der Waals surface area contributed by atoms with Crippen LogP contribution in [0.5, 0.6) is 0 Å². The first-order valence-electron chi connectivity index (χ1n) is 18.6. The summed E-state index contributed by atoms with van der Waals surface area (Å²) in [6.07, 6.45) is 27.7. The van der Waals surface area contributed by atoms with Crippen LogP contribution in [-0.2, 0) is 4.79 Å². The summed E-state index contributed by atoms with van der Waals surface area (Å²) in [4.78, 5) is 37.0.